The summed E-state index contributed by atoms with van der Waals surface area (Å²) < 4.78 is 0. The van der Waals surface area contributed by atoms with Gasteiger partial charge in [0.05, 0.1) is 0 Å². The number of hydrogen-bond acceptors (Lipinski definition) is 6. The van der Waals surface area contributed by atoms with E-state index >= 15 is 0 Å². The molecule has 0 bridgehead atoms. The minimum Gasteiger partial charge on any atom is -0.480 e. The molecule has 0 aliphatic carbocycles. The molecule has 32 heavy (non-hydrogen) atoms. The first-order chi connectivity index (χ1) is 14.9. The Morgan fingerprint density at radius 1 is 1.03 bits per heavy atom. The first kappa shape index (κ1) is 34.6. The van der Waals surface area contributed by atoms with E-state index in [1.54, 1.807) is 0 Å². The van der Waals surface area contributed by atoms with Gasteiger partial charge in [0.25, 0.3) is 5.91 Å². The fourth-order valence-electron chi connectivity index (χ4n) is 1.79. The van der Waals surface area contributed by atoms with Gasteiger partial charge in [0, 0.05) is 12.5 Å². The monoisotopic (exact) mass is 461 g/mol. The van der Waals surface area contributed by atoms with Gasteiger partial charge in [0.2, 0.25) is 0 Å². The third-order valence-electron chi connectivity index (χ3n) is 5.45. The van der Waals surface area contributed by atoms with Gasteiger partial charge in [-0.2, -0.15) is 0 Å². The minimum absolute atomic E-state index is 0.0718. The maximum atomic E-state index is 11.0. The van der Waals surface area contributed by atoms with Crippen LogP contribution in [0.4, 0.5) is 4.79 Å². The van der Waals surface area contributed by atoms with Crippen molar-refractivity contribution in [1.29, 1.82) is 0 Å². The number of aliphatic hydroxyl groups excluding tert-OH is 1. The number of aliphatic carboxylic acids is 1. The van der Waals surface area contributed by atoms with Crippen LogP contribution in [0.2, 0.25) is 0 Å². The lowest BCUT2D eigenvalue weighted by atomic mass is 10.00. The summed E-state index contributed by atoms with van der Waals surface area (Å²) in [6, 6.07) is -1.40. The highest BCUT2D eigenvalue weighted by molar-refractivity contribution is 6.04. The van der Waals surface area contributed by atoms with Gasteiger partial charge in [-0.3, -0.25) is 14.9 Å². The summed E-state index contributed by atoms with van der Waals surface area (Å²) in [6.45, 7) is 16.0. The summed E-state index contributed by atoms with van der Waals surface area (Å²) >= 11 is 0. The van der Waals surface area contributed by atoms with Gasteiger partial charge in [0.15, 0.2) is 0 Å². The second kappa shape index (κ2) is 20.9. The Bertz CT molecular complexity index is 526. The van der Waals surface area contributed by atoms with Gasteiger partial charge < -0.3 is 26.1 Å². The Labute approximate surface area is 193 Å². The van der Waals surface area contributed by atoms with Gasteiger partial charge >= 0.3 is 12.0 Å². The number of nitrogens with two attached hydrogens (primary N) is 1. The highest BCUT2D eigenvalue weighted by Crippen LogP contribution is 2.10. The number of aldehydes is 1. The lowest BCUT2D eigenvalue weighted by Gasteiger charge is -2.13. The number of carboxylic acids is 1. The molecule has 0 aromatic rings. The van der Waals surface area contributed by atoms with E-state index in [9.17, 15) is 19.2 Å². The minimum atomic E-state index is -0.913. The zero-order chi connectivity index (χ0) is 25.9. The van der Waals surface area contributed by atoms with Crippen molar-refractivity contribution in [2.24, 2.45) is 29.4 Å². The van der Waals surface area contributed by atoms with E-state index in [2.05, 4.69) is 17.6 Å². The molecule has 3 amide bonds. The first-order valence-electron chi connectivity index (χ1n) is 11.5. The standard InChI is InChI=1S/C7H12N2O2.C6H13NO2.C5H12O.C5H10O/c1-3-4(2)5-6(10)9-7(11)8-5;1-3-4(2)5(7)6(8)9;2*1-3-5(2)4-6/h4-5H,3H2,1-2H3,(H2,8,9,10,11);4-5H,3,7H2,1-2H3,(H,8,9);5-6H,3-4H2,1-2H3;4-5H,3H2,1-2H3/t4-,5?;4-,5-;2*5-/m0000/s1. The molecular formula is C23H47N3O6. The third-order valence-corrected chi connectivity index (χ3v) is 5.45. The van der Waals surface area contributed by atoms with Crippen LogP contribution in [0.25, 0.3) is 0 Å². The smallest absolute Gasteiger partial charge is 0.322 e. The highest BCUT2D eigenvalue weighted by atomic mass is 16.4. The van der Waals surface area contributed by atoms with E-state index in [4.69, 9.17) is 15.9 Å². The molecule has 6 N–H and O–H groups in total. The quantitative estimate of drug-likeness (QED) is 0.261. The normalized spacial score (nSPS) is 19.0. The molecule has 0 aromatic carbocycles. The second-order valence-corrected chi connectivity index (χ2v) is 8.29. The Morgan fingerprint density at radius 3 is 1.72 bits per heavy atom. The van der Waals surface area contributed by atoms with Crippen LogP contribution in [0.3, 0.4) is 0 Å². The molecule has 0 aromatic heterocycles. The number of carbonyl (C=O) groups is 4. The fourth-order valence-corrected chi connectivity index (χ4v) is 1.79. The van der Waals surface area contributed by atoms with Crippen molar-refractivity contribution in [3.05, 3.63) is 0 Å². The van der Waals surface area contributed by atoms with Crippen molar-refractivity contribution in [2.75, 3.05) is 6.61 Å². The third kappa shape index (κ3) is 17.7. The van der Waals surface area contributed by atoms with Crippen LogP contribution >= 0.6 is 0 Å². The van der Waals surface area contributed by atoms with Crippen molar-refractivity contribution >= 4 is 24.2 Å². The van der Waals surface area contributed by atoms with Crippen molar-refractivity contribution in [3.8, 4) is 0 Å². The number of aliphatic hydroxyl groups is 1. The molecule has 1 unspecified atom stereocenters. The first-order valence-corrected chi connectivity index (χ1v) is 11.5. The molecule has 1 fully saturated rings. The average Bonchev–Trinajstić information content (AvgIpc) is 3.14. The van der Waals surface area contributed by atoms with E-state index in [-0.39, 0.29) is 35.7 Å². The van der Waals surface area contributed by atoms with Gasteiger partial charge in [-0.25, -0.2) is 4.79 Å². The van der Waals surface area contributed by atoms with E-state index in [1.807, 2.05) is 48.5 Å². The van der Waals surface area contributed by atoms with Gasteiger partial charge in [-0.1, -0.05) is 74.7 Å². The fraction of sp³-hybridized carbons (Fsp3) is 0.826. The zero-order valence-corrected chi connectivity index (χ0v) is 21.2. The molecule has 0 radical (unpaired) electrons. The average molecular weight is 462 g/mol. The van der Waals surface area contributed by atoms with Crippen LogP contribution in [-0.4, -0.2) is 53.1 Å². The lowest BCUT2D eigenvalue weighted by Crippen LogP contribution is -2.36. The predicted octanol–water partition coefficient (Wildman–Crippen LogP) is 2.94. The molecule has 0 saturated carbocycles. The largest absolute Gasteiger partial charge is 0.480 e. The zero-order valence-electron chi connectivity index (χ0n) is 21.2. The molecule has 1 rings (SSSR count). The summed E-state index contributed by atoms with van der Waals surface area (Å²) in [6.07, 6.45) is 4.71. The predicted molar refractivity (Wildman–Crippen MR) is 127 cm³/mol. The number of imide groups is 1. The summed E-state index contributed by atoms with van der Waals surface area (Å²) in [4.78, 5) is 41.5. The SMILES string of the molecule is CC[C@H](C)C1NC(=O)NC1=O.CC[C@H](C)C=O.CC[C@H](C)CO.CC[C@H](C)[C@H](N)C(=O)O. The molecule has 1 aliphatic heterocycles. The number of carboxylic acid groups (broad SMARTS) is 1. The number of hydrogen-bond donors (Lipinski definition) is 5. The molecule has 0 spiro atoms. The van der Waals surface area contributed by atoms with Gasteiger partial charge in [0.1, 0.15) is 18.4 Å². The summed E-state index contributed by atoms with van der Waals surface area (Å²) in [7, 11) is 0. The molecule has 9 heteroatoms. The van der Waals surface area contributed by atoms with Crippen molar-refractivity contribution in [1.82, 2.24) is 10.6 Å². The highest BCUT2D eigenvalue weighted by Gasteiger charge is 2.32. The molecule has 9 nitrogen and oxygen atoms in total. The van der Waals surface area contributed by atoms with Crippen LogP contribution in [-0.2, 0) is 14.4 Å². The molecule has 6 atom stereocenters. The van der Waals surface area contributed by atoms with Crippen molar-refractivity contribution in [3.63, 3.8) is 0 Å². The maximum Gasteiger partial charge on any atom is 0.322 e. The maximum absolute atomic E-state index is 11.0. The van der Waals surface area contributed by atoms with Crippen molar-refractivity contribution < 1.29 is 29.4 Å². The van der Waals surface area contributed by atoms with E-state index in [1.165, 1.54) is 0 Å². The molecule has 1 heterocycles. The van der Waals surface area contributed by atoms with Crippen LogP contribution in [0.1, 0.15) is 81.1 Å². The van der Waals surface area contributed by atoms with Crippen LogP contribution in [0.5, 0.6) is 0 Å². The molecule has 1 aliphatic rings. The number of urea groups is 1. The van der Waals surface area contributed by atoms with E-state index in [0.29, 0.717) is 12.5 Å². The number of rotatable bonds is 9. The number of carbonyl (C=O) groups excluding carboxylic acids is 3. The number of nitrogens with one attached hydrogen (secondary N) is 2. The van der Waals surface area contributed by atoms with E-state index in [0.717, 1.165) is 32.0 Å². The van der Waals surface area contributed by atoms with Gasteiger partial charge in [-0.15, -0.1) is 0 Å². The summed E-state index contributed by atoms with van der Waals surface area (Å²) in [5, 5.41) is 21.4. The van der Waals surface area contributed by atoms with E-state index < -0.39 is 12.0 Å². The Balaban J connectivity index is -0.000000364. The van der Waals surface area contributed by atoms with Crippen LogP contribution in [0.15, 0.2) is 0 Å². The van der Waals surface area contributed by atoms with Crippen LogP contribution in [0, 0.1) is 23.7 Å². The van der Waals surface area contributed by atoms with Crippen LogP contribution < -0.4 is 16.4 Å². The number of amides is 3. The topological polar surface area (TPSA) is 159 Å². The van der Waals surface area contributed by atoms with Gasteiger partial charge in [-0.05, 0) is 24.2 Å². The molecule has 190 valence electrons. The summed E-state index contributed by atoms with van der Waals surface area (Å²) in [5.74, 6) is -0.0901. The lowest BCUT2D eigenvalue weighted by molar-refractivity contribution is -0.139. The molecule has 1 saturated heterocycles. The second-order valence-electron chi connectivity index (χ2n) is 8.29. The Morgan fingerprint density at radius 2 is 1.56 bits per heavy atom. The Kier molecular flexibility index (Phi) is 22.6. The van der Waals surface area contributed by atoms with Crippen molar-refractivity contribution in [2.45, 2.75) is 93.2 Å². The Hall–Kier alpha value is -2.00. The molecular weight excluding hydrogens is 414 g/mol. The summed E-state index contributed by atoms with van der Waals surface area (Å²) in [5.41, 5.74) is 5.27.